The van der Waals surface area contributed by atoms with Crippen molar-refractivity contribution < 1.29 is 27.1 Å². The van der Waals surface area contributed by atoms with E-state index in [0.29, 0.717) is 28.9 Å². The molecule has 0 fully saturated rings. The van der Waals surface area contributed by atoms with Crippen LogP contribution >= 0.6 is 11.6 Å². The number of anilines is 1. The number of carbonyl (C=O) groups is 1. The quantitative estimate of drug-likeness (QED) is 0.213. The summed E-state index contributed by atoms with van der Waals surface area (Å²) in [5.74, 6) is -7.73. The Morgan fingerprint density at radius 3 is 2.00 bits per heavy atom. The van der Waals surface area contributed by atoms with Crippen molar-refractivity contribution in [3.05, 3.63) is 82.4 Å². The van der Waals surface area contributed by atoms with Crippen LogP contribution in [-0.4, -0.2) is 5.97 Å². The fourth-order valence-electron chi connectivity index (χ4n) is 2.36. The van der Waals surface area contributed by atoms with E-state index < -0.39 is 40.6 Å². The highest BCUT2D eigenvalue weighted by molar-refractivity contribution is 6.34. The Bertz CT molecular complexity index is 992. The number of halogens is 5. The SMILES string of the molecule is Nc1ccc(-c2cc(F)c(C(=O)Oc3cc(F)c(F)c(F)c3)c(Cl)c2)cc1. The van der Waals surface area contributed by atoms with E-state index in [1.165, 1.54) is 6.07 Å². The van der Waals surface area contributed by atoms with Crippen LogP contribution in [0.3, 0.4) is 0 Å². The van der Waals surface area contributed by atoms with E-state index in [-0.39, 0.29) is 5.02 Å². The molecule has 3 nitrogen and oxygen atoms in total. The van der Waals surface area contributed by atoms with Crippen molar-refractivity contribution >= 4 is 23.3 Å². The summed E-state index contributed by atoms with van der Waals surface area (Å²) in [6.45, 7) is 0. The van der Waals surface area contributed by atoms with Crippen LogP contribution < -0.4 is 10.5 Å². The summed E-state index contributed by atoms with van der Waals surface area (Å²) in [6, 6.07) is 9.82. The van der Waals surface area contributed by atoms with E-state index in [1.54, 1.807) is 24.3 Å². The van der Waals surface area contributed by atoms with Crippen LogP contribution in [0.4, 0.5) is 23.2 Å². The molecule has 0 heterocycles. The lowest BCUT2D eigenvalue weighted by molar-refractivity contribution is 0.0729. The van der Waals surface area contributed by atoms with Crippen LogP contribution in [-0.2, 0) is 0 Å². The lowest BCUT2D eigenvalue weighted by Crippen LogP contribution is -2.12. The van der Waals surface area contributed by atoms with Gasteiger partial charge in [-0.3, -0.25) is 0 Å². The summed E-state index contributed by atoms with van der Waals surface area (Å²) < 4.78 is 58.5. The summed E-state index contributed by atoms with van der Waals surface area (Å²) >= 11 is 5.99. The highest BCUT2D eigenvalue weighted by Gasteiger charge is 2.21. The second-order valence-electron chi connectivity index (χ2n) is 5.53. The monoisotopic (exact) mass is 395 g/mol. The molecule has 0 saturated heterocycles. The minimum Gasteiger partial charge on any atom is -0.423 e. The van der Waals surface area contributed by atoms with Gasteiger partial charge in [0.05, 0.1) is 5.02 Å². The van der Waals surface area contributed by atoms with Gasteiger partial charge in [0.15, 0.2) is 17.5 Å². The van der Waals surface area contributed by atoms with Gasteiger partial charge in [-0.2, -0.15) is 0 Å². The number of rotatable bonds is 3. The highest BCUT2D eigenvalue weighted by Crippen LogP contribution is 2.30. The fourth-order valence-corrected chi connectivity index (χ4v) is 2.64. The van der Waals surface area contributed by atoms with Gasteiger partial charge in [0.25, 0.3) is 0 Å². The van der Waals surface area contributed by atoms with Gasteiger partial charge in [0, 0.05) is 17.8 Å². The molecule has 3 aromatic rings. The molecule has 138 valence electrons. The van der Waals surface area contributed by atoms with E-state index in [2.05, 4.69) is 0 Å². The van der Waals surface area contributed by atoms with Gasteiger partial charge < -0.3 is 10.5 Å². The first-order chi connectivity index (χ1) is 12.8. The molecule has 0 spiro atoms. The summed E-state index contributed by atoms with van der Waals surface area (Å²) in [5, 5.41) is -0.269. The summed E-state index contributed by atoms with van der Waals surface area (Å²) in [5.41, 5.74) is 6.47. The van der Waals surface area contributed by atoms with E-state index in [1.807, 2.05) is 0 Å². The molecule has 0 atom stereocenters. The average molecular weight is 396 g/mol. The van der Waals surface area contributed by atoms with Gasteiger partial charge >= 0.3 is 5.97 Å². The van der Waals surface area contributed by atoms with Crippen LogP contribution in [0.2, 0.25) is 5.02 Å². The number of esters is 1. The minimum atomic E-state index is -1.72. The molecule has 8 heteroatoms. The van der Waals surface area contributed by atoms with Crippen molar-refractivity contribution in [2.75, 3.05) is 5.73 Å². The highest BCUT2D eigenvalue weighted by atomic mass is 35.5. The number of nitrogen functional groups attached to an aromatic ring is 1. The summed E-state index contributed by atoms with van der Waals surface area (Å²) in [6.07, 6.45) is 0. The Morgan fingerprint density at radius 1 is 0.852 bits per heavy atom. The van der Waals surface area contributed by atoms with Crippen LogP contribution in [0.1, 0.15) is 10.4 Å². The van der Waals surface area contributed by atoms with Crippen LogP contribution in [0.15, 0.2) is 48.5 Å². The third-order valence-corrected chi connectivity index (χ3v) is 3.96. The number of nitrogens with two attached hydrogens (primary N) is 1. The minimum absolute atomic E-state index is 0.269. The van der Waals surface area contributed by atoms with Gasteiger partial charge in [0.2, 0.25) is 0 Å². The van der Waals surface area contributed by atoms with Crippen molar-refractivity contribution in [2.45, 2.75) is 0 Å². The lowest BCUT2D eigenvalue weighted by atomic mass is 10.0. The average Bonchev–Trinajstić information content (AvgIpc) is 2.59. The molecule has 0 saturated carbocycles. The number of ether oxygens (including phenoxy) is 1. The number of hydrogen-bond donors (Lipinski definition) is 1. The molecule has 0 amide bonds. The number of hydrogen-bond acceptors (Lipinski definition) is 3. The third kappa shape index (κ3) is 3.88. The molecule has 27 heavy (non-hydrogen) atoms. The third-order valence-electron chi connectivity index (χ3n) is 3.66. The molecule has 0 radical (unpaired) electrons. The topological polar surface area (TPSA) is 52.3 Å². The van der Waals surface area contributed by atoms with E-state index >= 15 is 0 Å². The van der Waals surface area contributed by atoms with Gasteiger partial charge in [-0.15, -0.1) is 0 Å². The van der Waals surface area contributed by atoms with Gasteiger partial charge in [-0.1, -0.05) is 23.7 Å². The molecule has 0 aliphatic carbocycles. The molecular formula is C19H10ClF4NO2. The second kappa shape index (κ2) is 7.28. The van der Waals surface area contributed by atoms with Crippen molar-refractivity contribution in [1.82, 2.24) is 0 Å². The number of carbonyl (C=O) groups excluding carboxylic acids is 1. The van der Waals surface area contributed by atoms with Crippen LogP contribution in [0.5, 0.6) is 5.75 Å². The van der Waals surface area contributed by atoms with Gasteiger partial charge in [-0.05, 0) is 35.4 Å². The Labute approximate surface area is 155 Å². The standard InChI is InChI=1S/C19H10ClF4NO2/c20-13-5-10(9-1-3-11(25)4-2-9)6-14(21)17(13)19(26)27-12-7-15(22)18(24)16(23)8-12/h1-8H,25H2. The zero-order chi connectivity index (χ0) is 19.7. The summed E-state index contributed by atoms with van der Waals surface area (Å²) in [7, 11) is 0. The predicted octanol–water partition coefficient (Wildman–Crippen LogP) is 5.36. The van der Waals surface area contributed by atoms with Crippen LogP contribution in [0, 0.1) is 23.3 Å². The number of benzene rings is 3. The zero-order valence-electron chi connectivity index (χ0n) is 13.4. The van der Waals surface area contributed by atoms with Crippen molar-refractivity contribution in [1.29, 1.82) is 0 Å². The predicted molar refractivity (Wildman–Crippen MR) is 92.5 cm³/mol. The van der Waals surface area contributed by atoms with Gasteiger partial charge in [-0.25, -0.2) is 22.4 Å². The molecule has 0 bridgehead atoms. The molecule has 0 aromatic heterocycles. The molecule has 3 rings (SSSR count). The molecule has 3 aromatic carbocycles. The lowest BCUT2D eigenvalue weighted by Gasteiger charge is -2.10. The zero-order valence-corrected chi connectivity index (χ0v) is 14.2. The maximum Gasteiger partial charge on any atom is 0.348 e. The Morgan fingerprint density at radius 2 is 1.44 bits per heavy atom. The Kier molecular flexibility index (Phi) is 5.05. The Hall–Kier alpha value is -3.06. The molecule has 0 unspecified atom stereocenters. The van der Waals surface area contributed by atoms with Crippen molar-refractivity contribution in [2.24, 2.45) is 0 Å². The second-order valence-corrected chi connectivity index (χ2v) is 5.93. The van der Waals surface area contributed by atoms with Crippen molar-refractivity contribution in [3.8, 4) is 16.9 Å². The van der Waals surface area contributed by atoms with E-state index in [0.717, 1.165) is 6.07 Å². The molecule has 0 aliphatic rings. The largest absolute Gasteiger partial charge is 0.423 e. The van der Waals surface area contributed by atoms with E-state index in [4.69, 9.17) is 22.1 Å². The Balaban J connectivity index is 1.92. The summed E-state index contributed by atoms with van der Waals surface area (Å²) in [4.78, 5) is 12.2. The first-order valence-corrected chi connectivity index (χ1v) is 7.85. The molecular weight excluding hydrogens is 386 g/mol. The maximum absolute atomic E-state index is 14.4. The van der Waals surface area contributed by atoms with E-state index in [9.17, 15) is 22.4 Å². The fraction of sp³-hybridized carbons (Fsp3) is 0. The van der Waals surface area contributed by atoms with Gasteiger partial charge in [0.1, 0.15) is 17.1 Å². The smallest absolute Gasteiger partial charge is 0.348 e. The first-order valence-electron chi connectivity index (χ1n) is 7.48. The first kappa shape index (κ1) is 18.7. The normalized spacial score (nSPS) is 10.7. The maximum atomic E-state index is 14.4. The van der Waals surface area contributed by atoms with Crippen molar-refractivity contribution in [3.63, 3.8) is 0 Å². The molecule has 0 aliphatic heterocycles. The molecule has 2 N–H and O–H groups in total. The van der Waals surface area contributed by atoms with Crippen LogP contribution in [0.25, 0.3) is 11.1 Å².